The lowest BCUT2D eigenvalue weighted by Gasteiger charge is -2.32. The van der Waals surface area contributed by atoms with Crippen LogP contribution in [0, 0.1) is 11.8 Å². The summed E-state index contributed by atoms with van der Waals surface area (Å²) in [5, 5.41) is 9.36. The normalized spacial score (nSPS) is 28.9. The summed E-state index contributed by atoms with van der Waals surface area (Å²) >= 11 is 0. The third-order valence-electron chi connectivity index (χ3n) is 4.31. The van der Waals surface area contributed by atoms with Crippen LogP contribution in [-0.2, 0) is 6.42 Å². The van der Waals surface area contributed by atoms with Crippen molar-refractivity contribution in [3.8, 4) is 5.75 Å². The second-order valence-corrected chi connectivity index (χ2v) is 6.20. The van der Waals surface area contributed by atoms with Crippen LogP contribution in [0.25, 0.3) is 0 Å². The minimum Gasteiger partial charge on any atom is -0.490 e. The van der Waals surface area contributed by atoms with Gasteiger partial charge < -0.3 is 9.84 Å². The second kappa shape index (κ2) is 6.42. The van der Waals surface area contributed by atoms with Gasteiger partial charge in [0.2, 0.25) is 0 Å². The van der Waals surface area contributed by atoms with Crippen molar-refractivity contribution in [2.75, 3.05) is 0 Å². The lowest BCUT2D eigenvalue weighted by molar-refractivity contribution is 0.101. The largest absolute Gasteiger partial charge is 0.490 e. The Morgan fingerprint density at radius 1 is 1.16 bits per heavy atom. The van der Waals surface area contributed by atoms with Crippen LogP contribution >= 0.6 is 0 Å². The number of hydrogen-bond acceptors (Lipinski definition) is 2. The smallest absolute Gasteiger partial charge is 0.119 e. The maximum absolute atomic E-state index is 9.36. The molecular formula is C17H26O2. The molecule has 0 radical (unpaired) electrons. The molecule has 4 atom stereocenters. The predicted molar refractivity (Wildman–Crippen MR) is 78.4 cm³/mol. The lowest BCUT2D eigenvalue weighted by atomic mass is 9.80. The van der Waals surface area contributed by atoms with Gasteiger partial charge in [-0.05, 0) is 62.1 Å². The Morgan fingerprint density at radius 3 is 2.42 bits per heavy atom. The molecule has 0 aliphatic heterocycles. The van der Waals surface area contributed by atoms with E-state index < -0.39 is 0 Å². The SMILES string of the molecule is CC(O)Cc1ccc(OC2CCC(C)C(C)C2)cc1. The molecule has 1 aromatic rings. The molecule has 1 saturated carbocycles. The van der Waals surface area contributed by atoms with Crippen LogP contribution in [-0.4, -0.2) is 17.3 Å². The van der Waals surface area contributed by atoms with E-state index in [2.05, 4.69) is 26.0 Å². The van der Waals surface area contributed by atoms with E-state index in [1.807, 2.05) is 19.1 Å². The van der Waals surface area contributed by atoms with E-state index in [9.17, 15) is 5.11 Å². The molecule has 106 valence electrons. The van der Waals surface area contributed by atoms with E-state index in [0.717, 1.165) is 29.6 Å². The maximum Gasteiger partial charge on any atom is 0.119 e. The number of ether oxygens (including phenoxy) is 1. The molecule has 0 bridgehead atoms. The molecular weight excluding hydrogens is 236 g/mol. The molecule has 1 aliphatic rings. The average Bonchev–Trinajstić information content (AvgIpc) is 2.36. The highest BCUT2D eigenvalue weighted by Gasteiger charge is 2.25. The van der Waals surface area contributed by atoms with Gasteiger partial charge in [-0.1, -0.05) is 26.0 Å². The zero-order valence-electron chi connectivity index (χ0n) is 12.3. The topological polar surface area (TPSA) is 29.5 Å². The molecule has 4 unspecified atom stereocenters. The van der Waals surface area contributed by atoms with Gasteiger partial charge in [-0.15, -0.1) is 0 Å². The molecule has 1 N–H and O–H groups in total. The average molecular weight is 262 g/mol. The fraction of sp³-hybridized carbons (Fsp3) is 0.647. The van der Waals surface area contributed by atoms with Gasteiger partial charge in [0.05, 0.1) is 12.2 Å². The first-order valence-corrected chi connectivity index (χ1v) is 7.48. The lowest BCUT2D eigenvalue weighted by Crippen LogP contribution is -2.28. The molecule has 1 aromatic carbocycles. The van der Waals surface area contributed by atoms with Crippen molar-refractivity contribution in [2.24, 2.45) is 11.8 Å². The molecule has 0 amide bonds. The number of rotatable bonds is 4. The van der Waals surface area contributed by atoms with E-state index in [0.29, 0.717) is 12.5 Å². The fourth-order valence-electron chi connectivity index (χ4n) is 2.84. The Morgan fingerprint density at radius 2 is 1.84 bits per heavy atom. The molecule has 0 heterocycles. The van der Waals surface area contributed by atoms with Crippen LogP contribution < -0.4 is 4.74 Å². The second-order valence-electron chi connectivity index (χ2n) is 6.20. The van der Waals surface area contributed by atoms with Crippen molar-refractivity contribution in [3.05, 3.63) is 29.8 Å². The van der Waals surface area contributed by atoms with Crippen molar-refractivity contribution < 1.29 is 9.84 Å². The number of hydrogen-bond donors (Lipinski definition) is 1. The summed E-state index contributed by atoms with van der Waals surface area (Å²) in [4.78, 5) is 0. The summed E-state index contributed by atoms with van der Waals surface area (Å²) in [5.74, 6) is 2.54. The predicted octanol–water partition coefficient (Wildman–Crippen LogP) is 3.81. The van der Waals surface area contributed by atoms with Gasteiger partial charge in [0.15, 0.2) is 0 Å². The van der Waals surface area contributed by atoms with Gasteiger partial charge in [-0.25, -0.2) is 0 Å². The van der Waals surface area contributed by atoms with Crippen molar-refractivity contribution >= 4 is 0 Å². The zero-order chi connectivity index (χ0) is 13.8. The van der Waals surface area contributed by atoms with E-state index in [1.165, 1.54) is 12.8 Å². The molecule has 1 aliphatic carbocycles. The van der Waals surface area contributed by atoms with Crippen molar-refractivity contribution in [2.45, 2.75) is 58.7 Å². The molecule has 0 saturated heterocycles. The quantitative estimate of drug-likeness (QED) is 0.894. The highest BCUT2D eigenvalue weighted by molar-refractivity contribution is 5.27. The number of aliphatic hydroxyl groups excluding tert-OH is 1. The van der Waals surface area contributed by atoms with Gasteiger partial charge in [0.25, 0.3) is 0 Å². The summed E-state index contributed by atoms with van der Waals surface area (Å²) in [7, 11) is 0. The summed E-state index contributed by atoms with van der Waals surface area (Å²) in [6.07, 6.45) is 4.39. The van der Waals surface area contributed by atoms with Crippen LogP contribution in [0.1, 0.15) is 45.6 Å². The van der Waals surface area contributed by atoms with Crippen molar-refractivity contribution in [1.82, 2.24) is 0 Å². The van der Waals surface area contributed by atoms with Gasteiger partial charge in [-0.2, -0.15) is 0 Å². The third kappa shape index (κ3) is 4.24. The molecule has 1 fully saturated rings. The van der Waals surface area contributed by atoms with Gasteiger partial charge in [0.1, 0.15) is 5.75 Å². The van der Waals surface area contributed by atoms with Gasteiger partial charge in [0, 0.05) is 0 Å². The zero-order valence-corrected chi connectivity index (χ0v) is 12.3. The van der Waals surface area contributed by atoms with E-state index in [4.69, 9.17) is 4.74 Å². The number of aliphatic hydroxyl groups is 1. The first-order valence-electron chi connectivity index (χ1n) is 7.48. The van der Waals surface area contributed by atoms with E-state index in [1.54, 1.807) is 0 Å². The Labute approximate surface area is 116 Å². The summed E-state index contributed by atoms with van der Waals surface area (Å²) < 4.78 is 6.07. The first kappa shape index (κ1) is 14.4. The standard InChI is InChI=1S/C17H26O2/c1-12-4-7-17(10-13(12)2)19-16-8-5-15(6-9-16)11-14(3)18/h5-6,8-9,12-14,17-18H,4,7,10-11H2,1-3H3. The van der Waals surface area contributed by atoms with Crippen LogP contribution in [0.2, 0.25) is 0 Å². The van der Waals surface area contributed by atoms with Crippen molar-refractivity contribution in [1.29, 1.82) is 0 Å². The molecule has 2 rings (SSSR count). The van der Waals surface area contributed by atoms with Crippen LogP contribution in [0.4, 0.5) is 0 Å². The Balaban J connectivity index is 1.89. The Bertz CT molecular complexity index is 383. The van der Waals surface area contributed by atoms with Crippen LogP contribution in [0.3, 0.4) is 0 Å². The van der Waals surface area contributed by atoms with Gasteiger partial charge in [-0.3, -0.25) is 0 Å². The summed E-state index contributed by atoms with van der Waals surface area (Å²) in [6, 6.07) is 8.16. The van der Waals surface area contributed by atoms with Crippen molar-refractivity contribution in [3.63, 3.8) is 0 Å². The minimum atomic E-state index is -0.285. The van der Waals surface area contributed by atoms with Crippen LogP contribution in [0.5, 0.6) is 5.75 Å². The minimum absolute atomic E-state index is 0.285. The maximum atomic E-state index is 9.36. The third-order valence-corrected chi connectivity index (χ3v) is 4.31. The molecule has 2 heteroatoms. The van der Waals surface area contributed by atoms with Gasteiger partial charge >= 0.3 is 0 Å². The molecule has 19 heavy (non-hydrogen) atoms. The highest BCUT2D eigenvalue weighted by Crippen LogP contribution is 2.31. The summed E-state index contributed by atoms with van der Waals surface area (Å²) in [6.45, 7) is 6.48. The monoisotopic (exact) mass is 262 g/mol. The first-order chi connectivity index (χ1) is 9.04. The van der Waals surface area contributed by atoms with E-state index in [-0.39, 0.29) is 6.10 Å². The number of benzene rings is 1. The molecule has 2 nitrogen and oxygen atoms in total. The Hall–Kier alpha value is -1.02. The Kier molecular flexibility index (Phi) is 4.87. The fourth-order valence-corrected chi connectivity index (χ4v) is 2.84. The summed E-state index contributed by atoms with van der Waals surface area (Å²) in [5.41, 5.74) is 1.16. The molecule has 0 aromatic heterocycles. The van der Waals surface area contributed by atoms with Crippen LogP contribution in [0.15, 0.2) is 24.3 Å². The molecule has 0 spiro atoms. The highest BCUT2D eigenvalue weighted by atomic mass is 16.5. The van der Waals surface area contributed by atoms with E-state index >= 15 is 0 Å².